The summed E-state index contributed by atoms with van der Waals surface area (Å²) >= 11 is 0. The summed E-state index contributed by atoms with van der Waals surface area (Å²) in [5.74, 6) is -0.176. The number of carbonyl (C=O) groups is 2. The first-order valence-corrected chi connectivity index (χ1v) is 14.6. The van der Waals surface area contributed by atoms with Gasteiger partial charge >= 0.3 is 11.9 Å². The number of benzene rings is 3. The number of hydrogen-bond donors (Lipinski definition) is 1. The Morgan fingerprint density at radius 3 is 2.31 bits per heavy atom. The minimum atomic E-state index is -0.583. The number of carbonyl (C=O) groups excluding carboxylic acids is 2. The molecular formula is C37H38FNO6. The van der Waals surface area contributed by atoms with Crippen LogP contribution in [0, 0.1) is 12.7 Å². The fourth-order valence-electron chi connectivity index (χ4n) is 5.63. The molecule has 0 atom stereocenters. The highest BCUT2D eigenvalue weighted by molar-refractivity contribution is 5.94. The van der Waals surface area contributed by atoms with Crippen molar-refractivity contribution >= 4 is 17.5 Å². The molecular weight excluding hydrogens is 573 g/mol. The van der Waals surface area contributed by atoms with Gasteiger partial charge in [-0.3, -0.25) is 0 Å². The molecule has 1 heterocycles. The fourth-order valence-corrected chi connectivity index (χ4v) is 5.63. The van der Waals surface area contributed by atoms with Gasteiger partial charge in [0, 0.05) is 36.8 Å². The largest absolute Gasteiger partial charge is 0.496 e. The molecule has 8 heteroatoms. The molecule has 0 radical (unpaired) electrons. The lowest BCUT2D eigenvalue weighted by Gasteiger charge is -2.24. The molecule has 0 amide bonds. The summed E-state index contributed by atoms with van der Waals surface area (Å²) in [4.78, 5) is 24.6. The molecule has 3 aromatic carbocycles. The lowest BCUT2D eigenvalue weighted by molar-refractivity contribution is 0.0599. The van der Waals surface area contributed by atoms with Crippen molar-refractivity contribution in [3.63, 3.8) is 0 Å². The van der Waals surface area contributed by atoms with Gasteiger partial charge in [-0.25, -0.2) is 14.0 Å². The second-order valence-corrected chi connectivity index (χ2v) is 11.6. The predicted molar refractivity (Wildman–Crippen MR) is 173 cm³/mol. The number of nitrogens with one attached hydrogen (secondary N) is 1. The number of ether oxygens (including phenoxy) is 4. The Labute approximate surface area is 264 Å². The van der Waals surface area contributed by atoms with Crippen LogP contribution in [0.3, 0.4) is 0 Å². The van der Waals surface area contributed by atoms with E-state index in [0.29, 0.717) is 29.2 Å². The van der Waals surface area contributed by atoms with Gasteiger partial charge in [0.2, 0.25) is 0 Å². The maximum atomic E-state index is 14.1. The Hall–Kier alpha value is -5.11. The maximum absolute atomic E-state index is 14.1. The number of aryl methyl sites for hydroxylation is 1. The molecule has 0 fully saturated rings. The summed E-state index contributed by atoms with van der Waals surface area (Å²) in [6, 6.07) is 15.8. The summed E-state index contributed by atoms with van der Waals surface area (Å²) in [5.41, 5.74) is 7.04. The van der Waals surface area contributed by atoms with E-state index in [1.165, 1.54) is 43.5 Å². The topological polar surface area (TPSA) is 83.1 Å². The molecule has 5 rings (SSSR count). The van der Waals surface area contributed by atoms with Gasteiger partial charge in [-0.15, -0.1) is 0 Å². The van der Waals surface area contributed by atoms with E-state index in [9.17, 15) is 14.0 Å². The highest BCUT2D eigenvalue weighted by Gasteiger charge is 2.28. The molecule has 2 bridgehead atoms. The summed E-state index contributed by atoms with van der Waals surface area (Å²) in [5, 5.41) is 3.63. The molecule has 234 valence electrons. The van der Waals surface area contributed by atoms with E-state index in [1.54, 1.807) is 25.3 Å². The Morgan fingerprint density at radius 2 is 1.62 bits per heavy atom. The Kier molecular flexibility index (Phi) is 8.95. The third-order valence-corrected chi connectivity index (χ3v) is 7.78. The van der Waals surface area contributed by atoms with Gasteiger partial charge in [-0.1, -0.05) is 18.2 Å². The number of hydrogen-bond acceptors (Lipinski definition) is 7. The van der Waals surface area contributed by atoms with Crippen LogP contribution in [-0.2, 0) is 4.74 Å². The van der Waals surface area contributed by atoms with Crippen molar-refractivity contribution in [2.75, 3.05) is 20.8 Å². The van der Waals surface area contributed by atoms with Crippen LogP contribution in [-0.4, -0.2) is 38.3 Å². The molecule has 0 spiro atoms. The zero-order chi connectivity index (χ0) is 32.3. The number of rotatable bonds is 8. The Balaban J connectivity index is 0.00000480. The van der Waals surface area contributed by atoms with Crippen molar-refractivity contribution in [1.29, 1.82) is 0 Å². The van der Waals surface area contributed by atoms with Crippen LogP contribution < -0.4 is 19.5 Å². The van der Waals surface area contributed by atoms with Crippen LogP contribution in [0.5, 0.6) is 17.2 Å². The minimum Gasteiger partial charge on any atom is -0.496 e. The van der Waals surface area contributed by atoms with E-state index >= 15 is 0 Å². The van der Waals surface area contributed by atoms with Gasteiger partial charge in [0.15, 0.2) is 0 Å². The number of halogens is 1. The van der Waals surface area contributed by atoms with Gasteiger partial charge in [-0.2, -0.15) is 0 Å². The summed E-state index contributed by atoms with van der Waals surface area (Å²) in [7, 11) is 2.86. The average Bonchev–Trinajstić information content (AvgIpc) is 3.26. The highest BCUT2D eigenvalue weighted by atomic mass is 19.1. The lowest BCUT2D eigenvalue weighted by atomic mass is 9.89. The molecule has 1 N–H and O–H groups in total. The summed E-state index contributed by atoms with van der Waals surface area (Å²) in [6.45, 7) is 8.43. The number of fused-ring (bicyclic) bond motifs is 2. The highest BCUT2D eigenvalue weighted by Crippen LogP contribution is 2.41. The van der Waals surface area contributed by atoms with Crippen molar-refractivity contribution in [1.82, 2.24) is 5.32 Å². The van der Waals surface area contributed by atoms with Gasteiger partial charge in [0.1, 0.15) is 29.7 Å². The second-order valence-electron chi connectivity index (χ2n) is 11.6. The fraction of sp³-hybridized carbons (Fsp3) is 0.243. The standard InChI is InChI=1S/C37H36FNO6.H2/c1-22-7-12-26(38)17-33(22)44-21-32-29(15-13-27-18-31(32)23(2)20-37(3,4)39-27)30-16-14-28(19-34(30)42-5)45-36(41)25-10-8-24(9-11-25)35(40)43-6;/h7-17,19-20,39H,18,21H2,1-6H3;1H. The smallest absolute Gasteiger partial charge is 0.343 e. The number of methoxy groups -OCH3 is 2. The second kappa shape index (κ2) is 12.9. The van der Waals surface area contributed by atoms with Crippen molar-refractivity contribution < 1.29 is 34.4 Å². The van der Waals surface area contributed by atoms with E-state index in [4.69, 9.17) is 18.9 Å². The Morgan fingerprint density at radius 1 is 0.911 bits per heavy atom. The average molecular weight is 612 g/mol. The zero-order valence-electron chi connectivity index (χ0n) is 26.2. The van der Waals surface area contributed by atoms with E-state index < -0.39 is 11.9 Å². The molecule has 0 unspecified atom stereocenters. The number of allylic oxidation sites excluding steroid dienone is 4. The third-order valence-electron chi connectivity index (χ3n) is 7.78. The molecule has 1 aliphatic heterocycles. The van der Waals surface area contributed by atoms with Crippen molar-refractivity contribution in [3.05, 3.63) is 129 Å². The maximum Gasteiger partial charge on any atom is 0.343 e. The molecule has 1 aliphatic carbocycles. The summed E-state index contributed by atoms with van der Waals surface area (Å²) < 4.78 is 36.6. The van der Waals surface area contributed by atoms with E-state index in [-0.39, 0.29) is 25.0 Å². The normalized spacial score (nSPS) is 15.4. The van der Waals surface area contributed by atoms with Gasteiger partial charge < -0.3 is 24.3 Å². The van der Waals surface area contributed by atoms with Crippen LogP contribution >= 0.6 is 0 Å². The molecule has 45 heavy (non-hydrogen) atoms. The van der Waals surface area contributed by atoms with Gasteiger partial charge in [-0.05, 0) is 98.5 Å². The van der Waals surface area contributed by atoms with Crippen molar-refractivity contribution in [2.24, 2.45) is 0 Å². The monoisotopic (exact) mass is 611 g/mol. The minimum absolute atomic E-state index is 0. The van der Waals surface area contributed by atoms with E-state index in [2.05, 4.69) is 38.2 Å². The van der Waals surface area contributed by atoms with Crippen molar-refractivity contribution in [3.8, 4) is 17.2 Å². The molecule has 7 nitrogen and oxygen atoms in total. The zero-order valence-corrected chi connectivity index (χ0v) is 26.2. The summed E-state index contributed by atoms with van der Waals surface area (Å²) in [6.07, 6.45) is 6.97. The molecule has 0 aromatic heterocycles. The van der Waals surface area contributed by atoms with Crippen LogP contribution in [0.1, 0.15) is 60.5 Å². The van der Waals surface area contributed by atoms with Crippen LogP contribution in [0.15, 0.2) is 101 Å². The predicted octanol–water partition coefficient (Wildman–Crippen LogP) is 7.77. The van der Waals surface area contributed by atoms with E-state index in [1.807, 2.05) is 19.1 Å². The van der Waals surface area contributed by atoms with E-state index in [0.717, 1.165) is 39.1 Å². The lowest BCUT2D eigenvalue weighted by Crippen LogP contribution is -2.35. The van der Waals surface area contributed by atoms with Crippen molar-refractivity contribution in [2.45, 2.75) is 39.7 Å². The molecule has 0 saturated heterocycles. The first-order valence-electron chi connectivity index (χ1n) is 14.6. The van der Waals surface area contributed by atoms with Gasteiger partial charge in [0.25, 0.3) is 0 Å². The number of esters is 2. The first kappa shape index (κ1) is 31.3. The first-order chi connectivity index (χ1) is 21.5. The SMILES string of the molecule is COC(=O)c1ccc(C(=O)Oc2ccc(C3=CC=C4CC(=C3COc3cc(F)ccc3C)C(C)=CC(C)(C)N4)c(OC)c2)cc1.[HH]. The third kappa shape index (κ3) is 7.01. The molecule has 0 saturated carbocycles. The van der Waals surface area contributed by atoms with Gasteiger partial charge in [0.05, 0.1) is 30.9 Å². The molecule has 3 aromatic rings. The van der Waals surface area contributed by atoms with Crippen LogP contribution in [0.25, 0.3) is 5.57 Å². The quantitative estimate of drug-likeness (QED) is 0.206. The Bertz CT molecular complexity index is 1790. The van der Waals surface area contributed by atoms with Crippen LogP contribution in [0.2, 0.25) is 0 Å². The molecule has 2 aliphatic rings. The van der Waals surface area contributed by atoms with Crippen LogP contribution in [0.4, 0.5) is 4.39 Å².